The Labute approximate surface area is 96.6 Å². The predicted octanol–water partition coefficient (Wildman–Crippen LogP) is 0.896. The molecule has 0 unspecified atom stereocenters. The Morgan fingerprint density at radius 1 is 1.44 bits per heavy atom. The predicted molar refractivity (Wildman–Crippen MR) is 65.2 cm³/mol. The number of nitrogens with two attached hydrogens (primary N) is 1. The van der Waals surface area contributed by atoms with E-state index in [1.54, 1.807) is 0 Å². The summed E-state index contributed by atoms with van der Waals surface area (Å²) in [5.74, 6) is 6.53. The van der Waals surface area contributed by atoms with Crippen molar-refractivity contribution in [1.29, 1.82) is 0 Å². The molecule has 16 heavy (non-hydrogen) atoms. The molecule has 5 heteroatoms. The second-order valence-electron chi connectivity index (χ2n) is 4.70. The van der Waals surface area contributed by atoms with E-state index in [1.807, 2.05) is 6.33 Å². The molecule has 1 saturated heterocycles. The molecular weight excluding hydrogens is 202 g/mol. The van der Waals surface area contributed by atoms with Crippen LogP contribution >= 0.6 is 0 Å². The zero-order valence-electron chi connectivity index (χ0n) is 10.1. The van der Waals surface area contributed by atoms with Gasteiger partial charge >= 0.3 is 0 Å². The van der Waals surface area contributed by atoms with Crippen molar-refractivity contribution in [2.45, 2.75) is 38.8 Å². The van der Waals surface area contributed by atoms with Crippen molar-refractivity contribution in [3.63, 3.8) is 0 Å². The molecule has 1 aromatic heterocycles. The van der Waals surface area contributed by atoms with Gasteiger partial charge < -0.3 is 9.47 Å². The van der Waals surface area contributed by atoms with Crippen LogP contribution in [0.4, 0.5) is 5.82 Å². The van der Waals surface area contributed by atoms with E-state index in [9.17, 15) is 0 Å². The Bertz CT molecular complexity index is 325. The Hall–Kier alpha value is -1.07. The Kier molecular flexibility index (Phi) is 3.46. The quantitative estimate of drug-likeness (QED) is 0.590. The maximum Gasteiger partial charge on any atom is 0.146 e. The molecule has 0 amide bonds. The highest BCUT2D eigenvalue weighted by molar-refractivity contribution is 5.36. The normalized spacial score (nSPS) is 18.4. The first-order chi connectivity index (χ1) is 7.70. The van der Waals surface area contributed by atoms with Crippen LogP contribution in [-0.2, 0) is 0 Å². The van der Waals surface area contributed by atoms with Gasteiger partial charge in [-0.15, -0.1) is 0 Å². The van der Waals surface area contributed by atoms with Crippen LogP contribution in [0.1, 0.15) is 32.7 Å². The van der Waals surface area contributed by atoms with Crippen molar-refractivity contribution in [3.05, 3.63) is 12.5 Å². The molecular formula is C11H21N5. The van der Waals surface area contributed by atoms with E-state index in [1.165, 1.54) is 0 Å². The van der Waals surface area contributed by atoms with Gasteiger partial charge in [-0.1, -0.05) is 0 Å². The summed E-state index contributed by atoms with van der Waals surface area (Å²) in [6, 6.07) is 0.938. The minimum absolute atomic E-state index is 0.462. The molecule has 3 N–H and O–H groups in total. The monoisotopic (exact) mass is 223 g/mol. The minimum atomic E-state index is 0.462. The first kappa shape index (κ1) is 11.4. The highest BCUT2D eigenvalue weighted by atomic mass is 15.3. The number of hydrogen-bond donors (Lipinski definition) is 2. The Morgan fingerprint density at radius 2 is 2.12 bits per heavy atom. The fourth-order valence-corrected chi connectivity index (χ4v) is 2.05. The van der Waals surface area contributed by atoms with Crippen LogP contribution in [0, 0.1) is 0 Å². The van der Waals surface area contributed by atoms with Crippen LogP contribution in [0.5, 0.6) is 0 Å². The van der Waals surface area contributed by atoms with E-state index in [-0.39, 0.29) is 0 Å². The van der Waals surface area contributed by atoms with E-state index in [2.05, 4.69) is 39.9 Å². The van der Waals surface area contributed by atoms with Crippen LogP contribution in [0.15, 0.2) is 12.5 Å². The van der Waals surface area contributed by atoms with Gasteiger partial charge in [-0.25, -0.2) is 4.98 Å². The molecule has 0 spiro atoms. The number of hydrogen-bond acceptors (Lipinski definition) is 4. The molecule has 1 aliphatic heterocycles. The number of hydrazine groups is 1. The van der Waals surface area contributed by atoms with E-state index in [4.69, 9.17) is 5.84 Å². The molecule has 0 saturated carbocycles. The first-order valence-corrected chi connectivity index (χ1v) is 5.95. The fraction of sp³-hybridized carbons (Fsp3) is 0.727. The Morgan fingerprint density at radius 3 is 2.62 bits per heavy atom. The summed E-state index contributed by atoms with van der Waals surface area (Å²) < 4.78 is 2.14. The largest absolute Gasteiger partial charge is 0.355 e. The third-order valence-electron chi connectivity index (χ3n) is 3.24. The number of imidazole rings is 1. The van der Waals surface area contributed by atoms with Gasteiger partial charge in [0.25, 0.3) is 0 Å². The molecule has 2 heterocycles. The standard InChI is InChI=1S/C11H21N5/c1-9(2)16-7-11(13-8-16)15-5-3-10(14-12)4-6-15/h7-10,14H,3-6,12H2,1-2H3. The molecule has 1 aliphatic rings. The Balaban J connectivity index is 1.97. The zero-order valence-corrected chi connectivity index (χ0v) is 10.1. The van der Waals surface area contributed by atoms with Gasteiger partial charge in [0.05, 0.1) is 6.33 Å². The molecule has 0 atom stereocenters. The fourth-order valence-electron chi connectivity index (χ4n) is 2.05. The van der Waals surface area contributed by atoms with Crippen molar-refractivity contribution in [2.24, 2.45) is 5.84 Å². The lowest BCUT2D eigenvalue weighted by Gasteiger charge is -2.31. The number of aromatic nitrogens is 2. The van der Waals surface area contributed by atoms with Crippen molar-refractivity contribution in [3.8, 4) is 0 Å². The summed E-state index contributed by atoms with van der Waals surface area (Å²) in [4.78, 5) is 6.78. The lowest BCUT2D eigenvalue weighted by atomic mass is 10.1. The number of nitrogens with one attached hydrogen (secondary N) is 1. The molecule has 5 nitrogen and oxygen atoms in total. The van der Waals surface area contributed by atoms with Crippen LogP contribution < -0.4 is 16.2 Å². The third kappa shape index (κ3) is 2.36. The van der Waals surface area contributed by atoms with Gasteiger partial charge in [-0.3, -0.25) is 11.3 Å². The number of anilines is 1. The van der Waals surface area contributed by atoms with Gasteiger partial charge in [0.15, 0.2) is 0 Å². The lowest BCUT2D eigenvalue weighted by molar-refractivity contribution is 0.422. The van der Waals surface area contributed by atoms with Gasteiger partial charge in [0.2, 0.25) is 0 Å². The summed E-state index contributed by atoms with van der Waals surface area (Å²) in [7, 11) is 0. The molecule has 0 radical (unpaired) electrons. The number of piperidine rings is 1. The zero-order chi connectivity index (χ0) is 11.5. The van der Waals surface area contributed by atoms with Gasteiger partial charge in [-0.2, -0.15) is 0 Å². The molecule has 1 fully saturated rings. The van der Waals surface area contributed by atoms with Crippen LogP contribution in [-0.4, -0.2) is 28.7 Å². The topological polar surface area (TPSA) is 59.1 Å². The molecule has 0 bridgehead atoms. The van der Waals surface area contributed by atoms with Crippen molar-refractivity contribution in [1.82, 2.24) is 15.0 Å². The summed E-state index contributed by atoms with van der Waals surface area (Å²) >= 11 is 0. The summed E-state index contributed by atoms with van der Waals surface area (Å²) in [5, 5.41) is 0. The van der Waals surface area contributed by atoms with Crippen LogP contribution in [0.25, 0.3) is 0 Å². The number of rotatable bonds is 3. The molecule has 0 aliphatic carbocycles. The summed E-state index contributed by atoms with van der Waals surface area (Å²) in [5.41, 5.74) is 2.85. The second-order valence-corrected chi connectivity index (χ2v) is 4.70. The summed E-state index contributed by atoms with van der Waals surface area (Å²) in [6.07, 6.45) is 6.21. The van der Waals surface area contributed by atoms with E-state index < -0.39 is 0 Å². The average molecular weight is 223 g/mol. The van der Waals surface area contributed by atoms with Gasteiger partial charge in [0, 0.05) is 31.4 Å². The maximum atomic E-state index is 5.44. The highest BCUT2D eigenvalue weighted by Gasteiger charge is 2.19. The van der Waals surface area contributed by atoms with Crippen molar-refractivity contribution < 1.29 is 0 Å². The molecule has 90 valence electrons. The SMILES string of the molecule is CC(C)n1cnc(N2CCC(NN)CC2)c1. The van der Waals surface area contributed by atoms with E-state index >= 15 is 0 Å². The lowest BCUT2D eigenvalue weighted by Crippen LogP contribution is -2.45. The van der Waals surface area contributed by atoms with Crippen molar-refractivity contribution >= 4 is 5.82 Å². The molecule has 0 aromatic carbocycles. The second kappa shape index (κ2) is 4.84. The highest BCUT2D eigenvalue weighted by Crippen LogP contribution is 2.19. The average Bonchev–Trinajstić information content (AvgIpc) is 2.78. The van der Waals surface area contributed by atoms with Gasteiger partial charge in [-0.05, 0) is 26.7 Å². The van der Waals surface area contributed by atoms with E-state index in [0.29, 0.717) is 12.1 Å². The smallest absolute Gasteiger partial charge is 0.146 e. The van der Waals surface area contributed by atoms with E-state index in [0.717, 1.165) is 31.7 Å². The first-order valence-electron chi connectivity index (χ1n) is 5.95. The third-order valence-corrected chi connectivity index (χ3v) is 3.24. The number of nitrogens with zero attached hydrogens (tertiary/aromatic N) is 3. The van der Waals surface area contributed by atoms with Crippen LogP contribution in [0.3, 0.4) is 0 Å². The molecule has 1 aromatic rings. The van der Waals surface area contributed by atoms with Crippen molar-refractivity contribution in [2.75, 3.05) is 18.0 Å². The minimum Gasteiger partial charge on any atom is -0.355 e. The van der Waals surface area contributed by atoms with Crippen LogP contribution in [0.2, 0.25) is 0 Å². The maximum absolute atomic E-state index is 5.44. The summed E-state index contributed by atoms with van der Waals surface area (Å²) in [6.45, 7) is 6.39. The molecule has 2 rings (SSSR count). The van der Waals surface area contributed by atoms with Gasteiger partial charge in [0.1, 0.15) is 5.82 Å².